The molecule has 4 amide bonds. The zero-order chi connectivity index (χ0) is 27.2. The Morgan fingerprint density at radius 1 is 1.16 bits per heavy atom. The highest BCUT2D eigenvalue weighted by molar-refractivity contribution is 7.14. The Bertz CT molecular complexity index is 1310. The first-order chi connectivity index (χ1) is 18.2. The number of aliphatic hydroxyl groups is 1. The monoisotopic (exact) mass is 534 g/mol. The van der Waals surface area contributed by atoms with E-state index < -0.39 is 35.9 Å². The highest BCUT2D eigenvalue weighted by Gasteiger charge is 2.39. The van der Waals surface area contributed by atoms with Gasteiger partial charge in [-0.05, 0) is 31.0 Å². The topological polar surface area (TPSA) is 155 Å². The maximum absolute atomic E-state index is 13.0. The number of nitrogens with one attached hydrogen (secondary N) is 2. The lowest BCUT2D eigenvalue weighted by molar-refractivity contribution is -0.134. The van der Waals surface area contributed by atoms with Crippen LogP contribution in [0.5, 0.6) is 0 Å². The van der Waals surface area contributed by atoms with Gasteiger partial charge in [-0.25, -0.2) is 4.98 Å². The molecule has 197 valence electrons. The van der Waals surface area contributed by atoms with Crippen LogP contribution in [0.3, 0.4) is 0 Å². The molecule has 5 N–H and O–H groups in total. The molecular formula is C27H28N5O5S. The van der Waals surface area contributed by atoms with Crippen molar-refractivity contribution in [1.82, 2.24) is 15.2 Å². The molecule has 38 heavy (non-hydrogen) atoms. The first kappa shape index (κ1) is 27.0. The first-order valence-electron chi connectivity index (χ1n) is 12.0. The van der Waals surface area contributed by atoms with Crippen LogP contribution in [0.15, 0.2) is 60.0 Å². The maximum Gasteiger partial charge on any atom is 0.251 e. The Hall–Kier alpha value is -4.09. The van der Waals surface area contributed by atoms with Crippen LogP contribution in [0.25, 0.3) is 11.3 Å². The van der Waals surface area contributed by atoms with E-state index in [2.05, 4.69) is 15.6 Å². The number of hydrogen-bond acceptors (Lipinski definition) is 7. The lowest BCUT2D eigenvalue weighted by Gasteiger charge is -2.23. The van der Waals surface area contributed by atoms with Gasteiger partial charge in [-0.1, -0.05) is 42.5 Å². The summed E-state index contributed by atoms with van der Waals surface area (Å²) in [6, 6.07) is 14.5. The number of nitrogens with two attached hydrogens (primary N) is 1. The molecule has 1 aromatic heterocycles. The number of aromatic nitrogens is 1. The summed E-state index contributed by atoms with van der Waals surface area (Å²) in [5, 5.41) is 17.5. The second-order valence-electron chi connectivity index (χ2n) is 8.99. The molecule has 4 rings (SSSR count). The molecule has 3 atom stereocenters. The summed E-state index contributed by atoms with van der Waals surface area (Å²) >= 11 is 1.22. The van der Waals surface area contributed by atoms with Gasteiger partial charge in [0, 0.05) is 29.5 Å². The van der Waals surface area contributed by atoms with Crippen molar-refractivity contribution in [1.29, 1.82) is 0 Å². The number of carbonyl (C=O) groups excluding carboxylic acids is 4. The van der Waals surface area contributed by atoms with Crippen LogP contribution >= 0.6 is 11.3 Å². The van der Waals surface area contributed by atoms with Gasteiger partial charge in [0.25, 0.3) is 5.91 Å². The average Bonchev–Trinajstić information content (AvgIpc) is 3.54. The molecule has 0 aliphatic carbocycles. The summed E-state index contributed by atoms with van der Waals surface area (Å²) in [6.07, 6.45) is 1.31. The van der Waals surface area contributed by atoms with Crippen LogP contribution in [0.4, 0.5) is 5.13 Å². The molecule has 1 fully saturated rings. The molecule has 0 unspecified atom stereocenters. The molecule has 11 heteroatoms. The number of nitrogens with zero attached hydrogens (tertiary/aromatic N) is 2. The number of benzene rings is 2. The fourth-order valence-electron chi connectivity index (χ4n) is 4.04. The number of likely N-dealkylation sites (tertiary alicyclic amines) is 1. The third-order valence-electron chi connectivity index (χ3n) is 6.17. The number of β-amino-alcohol motifs (C(OH)–C–C–N with tert-alkyl or cyclic N) is 1. The minimum atomic E-state index is -0.808. The molecule has 2 heterocycles. The molecule has 1 aliphatic rings. The minimum Gasteiger partial charge on any atom is -0.391 e. The summed E-state index contributed by atoms with van der Waals surface area (Å²) in [5.41, 5.74) is 7.84. The number of primary amides is 1. The molecule has 10 nitrogen and oxygen atoms in total. The third-order valence-corrected chi connectivity index (χ3v) is 6.93. The van der Waals surface area contributed by atoms with Gasteiger partial charge >= 0.3 is 0 Å². The number of hydrogen-bond donors (Lipinski definition) is 4. The number of aliphatic hydroxyl groups excluding tert-OH is 1. The van der Waals surface area contributed by atoms with Gasteiger partial charge < -0.3 is 26.4 Å². The third kappa shape index (κ3) is 6.61. The molecule has 1 saturated heterocycles. The molecule has 1 aliphatic heterocycles. The van der Waals surface area contributed by atoms with Crippen LogP contribution in [0, 0.1) is 6.42 Å². The summed E-state index contributed by atoms with van der Waals surface area (Å²) in [7, 11) is 0. The summed E-state index contributed by atoms with van der Waals surface area (Å²) in [4.78, 5) is 55.1. The van der Waals surface area contributed by atoms with E-state index in [0.717, 1.165) is 11.1 Å². The predicted octanol–water partition coefficient (Wildman–Crippen LogP) is 1.76. The summed E-state index contributed by atoms with van der Waals surface area (Å²) in [5.74, 6) is -1.77. The predicted molar refractivity (Wildman–Crippen MR) is 143 cm³/mol. The Balaban J connectivity index is 1.36. The number of rotatable bonds is 9. The van der Waals surface area contributed by atoms with Crippen LogP contribution in [-0.4, -0.2) is 63.4 Å². The van der Waals surface area contributed by atoms with E-state index in [4.69, 9.17) is 5.73 Å². The first-order valence-corrected chi connectivity index (χ1v) is 12.9. The lowest BCUT2D eigenvalue weighted by Crippen LogP contribution is -2.43. The number of carbonyl (C=O) groups is 4. The Morgan fingerprint density at radius 2 is 1.87 bits per heavy atom. The number of thiazole rings is 1. The summed E-state index contributed by atoms with van der Waals surface area (Å²) in [6.45, 7) is 1.59. The lowest BCUT2D eigenvalue weighted by atomic mass is 10.1. The highest BCUT2D eigenvalue weighted by Crippen LogP contribution is 2.27. The van der Waals surface area contributed by atoms with Gasteiger partial charge in [0.05, 0.1) is 18.2 Å². The van der Waals surface area contributed by atoms with Crippen LogP contribution in [0.1, 0.15) is 29.3 Å². The van der Waals surface area contributed by atoms with E-state index in [9.17, 15) is 24.3 Å². The van der Waals surface area contributed by atoms with Crippen molar-refractivity contribution in [2.24, 2.45) is 5.73 Å². The van der Waals surface area contributed by atoms with Crippen LogP contribution in [-0.2, 0) is 20.8 Å². The maximum atomic E-state index is 13.0. The average molecular weight is 535 g/mol. The van der Waals surface area contributed by atoms with Crippen molar-refractivity contribution >= 4 is 40.1 Å². The molecule has 0 bridgehead atoms. The van der Waals surface area contributed by atoms with Crippen molar-refractivity contribution in [2.45, 2.75) is 38.0 Å². The Kier molecular flexibility index (Phi) is 8.49. The van der Waals surface area contributed by atoms with Crippen molar-refractivity contribution < 1.29 is 24.3 Å². The van der Waals surface area contributed by atoms with E-state index in [1.54, 1.807) is 29.6 Å². The zero-order valence-electron chi connectivity index (χ0n) is 20.7. The van der Waals surface area contributed by atoms with Crippen molar-refractivity contribution in [2.75, 3.05) is 11.9 Å². The quantitative estimate of drug-likeness (QED) is 0.328. The molecule has 3 aromatic rings. The number of anilines is 1. The van der Waals surface area contributed by atoms with E-state index in [0.29, 0.717) is 22.8 Å². The van der Waals surface area contributed by atoms with E-state index in [1.165, 1.54) is 29.6 Å². The van der Waals surface area contributed by atoms with Gasteiger partial charge in [-0.3, -0.25) is 19.2 Å². The van der Waals surface area contributed by atoms with Crippen molar-refractivity contribution in [3.8, 4) is 11.3 Å². The SMILES string of the molecule is C[C@@H](NC(=O)c1ccc(-c2csc(NC(=O)[C@@H]3C[C@H](O)CN3C(=O)[CH]Cc3ccccc3)n2)cc1)C(N)=O. The second-order valence-corrected chi connectivity index (χ2v) is 9.85. The fraction of sp³-hybridized carbons (Fsp3) is 0.259. The smallest absolute Gasteiger partial charge is 0.251 e. The van der Waals surface area contributed by atoms with E-state index in [1.807, 2.05) is 30.3 Å². The minimum absolute atomic E-state index is 0.0868. The largest absolute Gasteiger partial charge is 0.391 e. The van der Waals surface area contributed by atoms with Crippen LogP contribution < -0.4 is 16.4 Å². The molecule has 0 spiro atoms. The normalized spacial score (nSPS) is 17.6. The van der Waals surface area contributed by atoms with Gasteiger partial charge in [0.15, 0.2) is 5.13 Å². The fourth-order valence-corrected chi connectivity index (χ4v) is 4.76. The summed E-state index contributed by atoms with van der Waals surface area (Å²) < 4.78 is 0. The van der Waals surface area contributed by atoms with E-state index >= 15 is 0 Å². The second kappa shape index (κ2) is 12.0. The van der Waals surface area contributed by atoms with Gasteiger partial charge in [-0.2, -0.15) is 0 Å². The zero-order valence-corrected chi connectivity index (χ0v) is 21.5. The van der Waals surface area contributed by atoms with Crippen molar-refractivity contribution in [3.63, 3.8) is 0 Å². The Morgan fingerprint density at radius 3 is 2.55 bits per heavy atom. The molecule has 2 aromatic carbocycles. The van der Waals surface area contributed by atoms with Gasteiger partial charge in [0.2, 0.25) is 17.7 Å². The standard InChI is InChI=1S/C27H28N5O5S/c1-16(24(28)35)29-25(36)19-10-8-18(9-11-19)21-15-38-27(30-21)31-26(37)22-13-20(33)14-32(22)23(34)12-7-17-5-3-2-4-6-17/h2-6,8-12,15-16,20,22,33H,7,13-14H2,1H3,(H2,28,35)(H,29,36)(H,30,31,37)/t16-,20+,22+/m1/s1. The molecular weight excluding hydrogens is 506 g/mol. The van der Waals surface area contributed by atoms with Gasteiger partial charge in [-0.15, -0.1) is 11.3 Å². The molecule has 1 radical (unpaired) electrons. The Labute approximate surface area is 223 Å². The number of amides is 4. The van der Waals surface area contributed by atoms with Crippen molar-refractivity contribution in [3.05, 3.63) is 77.5 Å². The highest BCUT2D eigenvalue weighted by atomic mass is 32.1. The van der Waals surface area contributed by atoms with Crippen LogP contribution in [0.2, 0.25) is 0 Å². The van der Waals surface area contributed by atoms with E-state index in [-0.39, 0.29) is 18.9 Å². The molecule has 0 saturated carbocycles. The van der Waals surface area contributed by atoms with Gasteiger partial charge in [0.1, 0.15) is 12.1 Å².